The third-order valence-corrected chi connectivity index (χ3v) is 14.1. The molecule has 14 aromatic rings. The first-order chi connectivity index (χ1) is 32.7. The molecule has 0 aliphatic carbocycles. The maximum atomic E-state index is 6.74. The summed E-state index contributed by atoms with van der Waals surface area (Å²) in [6.45, 7) is 0. The summed E-state index contributed by atoms with van der Waals surface area (Å²) in [6.07, 6.45) is 0. The highest BCUT2D eigenvalue weighted by atomic mass is 16.5. The van der Waals surface area contributed by atoms with Gasteiger partial charge in [-0.15, -0.1) is 0 Å². The summed E-state index contributed by atoms with van der Waals surface area (Å²) in [5.41, 5.74) is 13.1. The third-order valence-electron chi connectivity index (χ3n) is 14.1. The van der Waals surface area contributed by atoms with E-state index in [4.69, 9.17) is 9.15 Å². The van der Waals surface area contributed by atoms with E-state index in [0.717, 1.165) is 78.2 Å². The largest absolute Gasteiger partial charge is 0.455 e. The van der Waals surface area contributed by atoms with Crippen LogP contribution in [0.15, 0.2) is 223 Å². The van der Waals surface area contributed by atoms with Gasteiger partial charge in [-0.3, -0.25) is 0 Å². The molecule has 1 aliphatic heterocycles. The van der Waals surface area contributed by atoms with E-state index in [1.54, 1.807) is 0 Å². The van der Waals surface area contributed by atoms with Gasteiger partial charge in [0.25, 0.3) is 0 Å². The molecule has 0 N–H and O–H groups in total. The van der Waals surface area contributed by atoms with Crippen LogP contribution in [0, 0.1) is 0 Å². The second-order valence-corrected chi connectivity index (χ2v) is 17.6. The SMILES string of the molecule is c1ccc2c(c1)Oc1cc(-c3ccc4c(c3)c3ccccc3n4-c3cc4cc5c6ccccc6oc5c5ccc6cccc3c6c45)ccc1N2c1ccc(-c2cccc3ccccc23)cc1. The molecule has 66 heavy (non-hydrogen) atoms. The van der Waals surface area contributed by atoms with Gasteiger partial charge in [0.05, 0.1) is 28.1 Å². The van der Waals surface area contributed by atoms with Crippen LogP contribution in [0.25, 0.3) is 115 Å². The lowest BCUT2D eigenvalue weighted by atomic mass is 9.91. The Morgan fingerprint density at radius 2 is 1.02 bits per heavy atom. The van der Waals surface area contributed by atoms with Crippen molar-refractivity contribution in [2.24, 2.45) is 0 Å². The predicted octanol–water partition coefficient (Wildman–Crippen LogP) is 17.6. The summed E-state index contributed by atoms with van der Waals surface area (Å²) in [6, 6.07) is 79.0. The van der Waals surface area contributed by atoms with Gasteiger partial charge in [0.1, 0.15) is 11.2 Å². The average molecular weight is 841 g/mol. The third kappa shape index (κ3) is 4.98. The average Bonchev–Trinajstić information content (AvgIpc) is 3.92. The molecular formula is C62H36N2O2. The summed E-state index contributed by atoms with van der Waals surface area (Å²) < 4.78 is 15.8. The molecular weight excluding hydrogens is 805 g/mol. The first-order valence-corrected chi connectivity index (χ1v) is 22.6. The molecule has 0 bridgehead atoms. The smallest absolute Gasteiger partial charge is 0.152 e. The molecule has 0 fully saturated rings. The van der Waals surface area contributed by atoms with Crippen molar-refractivity contribution in [3.63, 3.8) is 0 Å². The van der Waals surface area contributed by atoms with Gasteiger partial charge in [-0.05, 0) is 128 Å². The van der Waals surface area contributed by atoms with Crippen LogP contribution in [0.2, 0.25) is 0 Å². The molecule has 1 aliphatic rings. The van der Waals surface area contributed by atoms with E-state index in [9.17, 15) is 0 Å². The van der Waals surface area contributed by atoms with Crippen LogP contribution in [0.5, 0.6) is 11.5 Å². The zero-order chi connectivity index (χ0) is 43.0. The van der Waals surface area contributed by atoms with Crippen LogP contribution in [0.3, 0.4) is 0 Å². The molecule has 0 radical (unpaired) electrons. The second kappa shape index (κ2) is 13.3. The van der Waals surface area contributed by atoms with Crippen molar-refractivity contribution >= 4 is 104 Å². The summed E-state index contributed by atoms with van der Waals surface area (Å²) in [4.78, 5) is 2.32. The van der Waals surface area contributed by atoms with Crippen LogP contribution >= 0.6 is 0 Å². The lowest BCUT2D eigenvalue weighted by Gasteiger charge is -2.33. The maximum absolute atomic E-state index is 6.74. The molecule has 0 unspecified atom stereocenters. The monoisotopic (exact) mass is 840 g/mol. The summed E-state index contributed by atoms with van der Waals surface area (Å²) in [5, 5.41) is 14.5. The molecule has 0 saturated carbocycles. The molecule has 0 saturated heterocycles. The Balaban J connectivity index is 0.872. The number of para-hydroxylation sites is 4. The highest BCUT2D eigenvalue weighted by Crippen LogP contribution is 2.52. The highest BCUT2D eigenvalue weighted by Gasteiger charge is 2.27. The normalized spacial score (nSPS) is 12.6. The first-order valence-electron chi connectivity index (χ1n) is 22.6. The quantitative estimate of drug-likeness (QED) is 0.165. The number of nitrogens with zero attached hydrogens (tertiary/aromatic N) is 2. The number of rotatable bonds is 4. The van der Waals surface area contributed by atoms with Crippen molar-refractivity contribution < 1.29 is 9.15 Å². The number of anilines is 3. The minimum absolute atomic E-state index is 0.819. The molecule has 12 aromatic carbocycles. The fraction of sp³-hybridized carbons (Fsp3) is 0. The van der Waals surface area contributed by atoms with Gasteiger partial charge in [0, 0.05) is 43.4 Å². The van der Waals surface area contributed by atoms with Crippen molar-refractivity contribution in [3.05, 3.63) is 218 Å². The van der Waals surface area contributed by atoms with Gasteiger partial charge in [0.2, 0.25) is 0 Å². The van der Waals surface area contributed by atoms with Crippen molar-refractivity contribution in [3.8, 4) is 39.4 Å². The van der Waals surface area contributed by atoms with Gasteiger partial charge in [-0.1, -0.05) is 140 Å². The van der Waals surface area contributed by atoms with E-state index in [-0.39, 0.29) is 0 Å². The zero-order valence-corrected chi connectivity index (χ0v) is 35.5. The summed E-state index contributed by atoms with van der Waals surface area (Å²) in [5.74, 6) is 1.65. The van der Waals surface area contributed by atoms with E-state index in [1.807, 2.05) is 12.1 Å². The molecule has 4 heteroatoms. The fourth-order valence-electron chi connectivity index (χ4n) is 11.1. The Hall–Kier alpha value is -8.86. The molecule has 15 rings (SSSR count). The number of hydrogen-bond acceptors (Lipinski definition) is 3. The van der Waals surface area contributed by atoms with Gasteiger partial charge in [-0.25, -0.2) is 0 Å². The van der Waals surface area contributed by atoms with Crippen molar-refractivity contribution in [1.82, 2.24) is 4.57 Å². The molecule has 0 amide bonds. The molecule has 0 atom stereocenters. The molecule has 306 valence electrons. The highest BCUT2D eigenvalue weighted by molar-refractivity contribution is 6.32. The second-order valence-electron chi connectivity index (χ2n) is 17.6. The summed E-state index contributed by atoms with van der Waals surface area (Å²) >= 11 is 0. The van der Waals surface area contributed by atoms with Crippen LogP contribution in [0.1, 0.15) is 0 Å². The molecule has 2 aromatic heterocycles. The van der Waals surface area contributed by atoms with E-state index in [0.29, 0.717) is 0 Å². The zero-order valence-electron chi connectivity index (χ0n) is 35.5. The topological polar surface area (TPSA) is 30.5 Å². The van der Waals surface area contributed by atoms with E-state index in [2.05, 4.69) is 216 Å². The van der Waals surface area contributed by atoms with Crippen molar-refractivity contribution in [1.29, 1.82) is 0 Å². The predicted molar refractivity (Wildman–Crippen MR) is 275 cm³/mol. The number of aromatic nitrogens is 1. The number of fused-ring (bicyclic) bond motifs is 10. The van der Waals surface area contributed by atoms with E-state index < -0.39 is 0 Å². The van der Waals surface area contributed by atoms with E-state index in [1.165, 1.54) is 65.1 Å². The lowest BCUT2D eigenvalue weighted by Crippen LogP contribution is -2.15. The maximum Gasteiger partial charge on any atom is 0.152 e. The van der Waals surface area contributed by atoms with Gasteiger partial charge in [0.15, 0.2) is 11.5 Å². The van der Waals surface area contributed by atoms with Crippen LogP contribution < -0.4 is 9.64 Å². The number of ether oxygens (including phenoxy) is 1. The minimum atomic E-state index is 0.819. The minimum Gasteiger partial charge on any atom is -0.455 e. The first kappa shape index (κ1) is 35.6. The molecule has 4 nitrogen and oxygen atoms in total. The molecule has 3 heterocycles. The van der Waals surface area contributed by atoms with Crippen LogP contribution in [-0.4, -0.2) is 4.57 Å². The van der Waals surface area contributed by atoms with E-state index >= 15 is 0 Å². The Morgan fingerprint density at radius 3 is 1.95 bits per heavy atom. The standard InChI is InChI=1S/C62H36N2O2/c1-2-14-44-37(11-1)12-9-17-45(44)38-23-28-43(29-24-38)63-54-20-6-8-22-58(54)65-59-36-41(27-32-55(59)63)40-26-31-53-50(33-40)46-15-3-5-19-52(46)64(53)56-35-42-34-51-47-16-4-7-21-57(47)66-62(51)49-30-25-39-13-10-18-48(56)60(39)61(42)49/h1-36H. The van der Waals surface area contributed by atoms with Gasteiger partial charge >= 0.3 is 0 Å². The number of furan rings is 1. The molecule has 0 spiro atoms. The fourth-order valence-corrected chi connectivity index (χ4v) is 11.1. The van der Waals surface area contributed by atoms with Crippen molar-refractivity contribution in [2.45, 2.75) is 0 Å². The summed E-state index contributed by atoms with van der Waals surface area (Å²) in [7, 11) is 0. The van der Waals surface area contributed by atoms with Crippen LogP contribution in [0.4, 0.5) is 17.1 Å². The number of benzene rings is 12. The van der Waals surface area contributed by atoms with Crippen molar-refractivity contribution in [2.75, 3.05) is 4.90 Å². The number of hydrogen-bond donors (Lipinski definition) is 0. The van der Waals surface area contributed by atoms with Crippen LogP contribution in [-0.2, 0) is 0 Å². The lowest BCUT2D eigenvalue weighted by molar-refractivity contribution is 0.477. The van der Waals surface area contributed by atoms with Gasteiger partial charge in [-0.2, -0.15) is 0 Å². The van der Waals surface area contributed by atoms with Gasteiger partial charge < -0.3 is 18.6 Å². The Bertz CT molecular complexity index is 4320. The Morgan fingerprint density at radius 1 is 0.333 bits per heavy atom. The Labute approximate surface area is 378 Å². The Kier molecular flexibility index (Phi) is 7.19.